The summed E-state index contributed by atoms with van der Waals surface area (Å²) in [6.45, 7) is 0.906. The van der Waals surface area contributed by atoms with Crippen LogP contribution in [-0.4, -0.2) is 36.7 Å². The minimum Gasteiger partial charge on any atom is -0.469 e. The fourth-order valence-corrected chi connectivity index (χ4v) is 3.59. The van der Waals surface area contributed by atoms with Crippen molar-refractivity contribution in [2.45, 2.75) is 37.8 Å². The van der Waals surface area contributed by atoms with Gasteiger partial charge < -0.3 is 14.4 Å². The first-order chi connectivity index (χ1) is 13.2. The summed E-state index contributed by atoms with van der Waals surface area (Å²) in [6.07, 6.45) is 1.99. The van der Waals surface area contributed by atoms with Gasteiger partial charge in [0.2, 0.25) is 0 Å². The van der Waals surface area contributed by atoms with Gasteiger partial charge in [0.15, 0.2) is 0 Å². The lowest BCUT2D eigenvalue weighted by Gasteiger charge is -2.27. The molecule has 0 aliphatic carbocycles. The van der Waals surface area contributed by atoms with E-state index in [-0.39, 0.29) is 30.6 Å². The Hall–Kier alpha value is -2.82. The molecule has 1 aliphatic rings. The summed E-state index contributed by atoms with van der Waals surface area (Å²) in [5, 5.41) is 0. The molecular formula is C22H25NO4. The van der Waals surface area contributed by atoms with Gasteiger partial charge >= 0.3 is 12.1 Å². The highest BCUT2D eigenvalue weighted by molar-refractivity contribution is 5.78. The fourth-order valence-electron chi connectivity index (χ4n) is 3.59. The molecule has 3 rings (SSSR count). The number of ether oxygens (including phenoxy) is 2. The second-order valence-electron chi connectivity index (χ2n) is 6.75. The molecule has 1 heterocycles. The van der Waals surface area contributed by atoms with Crippen LogP contribution in [0.1, 0.15) is 36.3 Å². The molecule has 1 aliphatic heterocycles. The van der Waals surface area contributed by atoms with Crippen LogP contribution in [0.25, 0.3) is 0 Å². The first-order valence-electron chi connectivity index (χ1n) is 9.29. The summed E-state index contributed by atoms with van der Waals surface area (Å²) >= 11 is 0. The normalized spacial score (nSPS) is 17.4. The quantitative estimate of drug-likeness (QED) is 0.720. The van der Waals surface area contributed by atoms with Crippen LogP contribution in [0, 0.1) is 0 Å². The molecule has 2 atom stereocenters. The van der Waals surface area contributed by atoms with Gasteiger partial charge in [-0.3, -0.25) is 4.79 Å². The van der Waals surface area contributed by atoms with Crippen LogP contribution >= 0.6 is 0 Å². The number of esters is 1. The number of amides is 1. The molecule has 5 nitrogen and oxygen atoms in total. The van der Waals surface area contributed by atoms with Crippen LogP contribution in [0.4, 0.5) is 4.79 Å². The maximum Gasteiger partial charge on any atom is 0.410 e. The van der Waals surface area contributed by atoms with E-state index in [1.54, 1.807) is 4.90 Å². The third kappa shape index (κ3) is 4.88. The van der Waals surface area contributed by atoms with E-state index >= 15 is 0 Å². The van der Waals surface area contributed by atoms with E-state index in [1.807, 2.05) is 60.7 Å². The molecule has 2 unspecified atom stereocenters. The van der Waals surface area contributed by atoms with Gasteiger partial charge in [-0.05, 0) is 30.4 Å². The van der Waals surface area contributed by atoms with Gasteiger partial charge in [0, 0.05) is 12.6 Å². The second-order valence-corrected chi connectivity index (χ2v) is 6.75. The molecule has 27 heavy (non-hydrogen) atoms. The molecule has 2 aromatic rings. The van der Waals surface area contributed by atoms with E-state index in [2.05, 4.69) is 0 Å². The standard InChI is InChI=1S/C22H25NO4/c1-26-21(24)20(18-11-6-3-7-12-18)15-19-13-8-14-23(19)22(25)27-16-17-9-4-2-5-10-17/h2-7,9-12,19-20H,8,13-16H2,1H3. The van der Waals surface area contributed by atoms with Crippen LogP contribution in [0.15, 0.2) is 60.7 Å². The summed E-state index contributed by atoms with van der Waals surface area (Å²) < 4.78 is 10.5. The van der Waals surface area contributed by atoms with Crippen molar-refractivity contribution >= 4 is 12.1 Å². The number of methoxy groups -OCH3 is 1. The molecule has 0 N–H and O–H groups in total. The maximum absolute atomic E-state index is 12.6. The van der Waals surface area contributed by atoms with E-state index in [1.165, 1.54) is 7.11 Å². The number of nitrogens with zero attached hydrogens (tertiary/aromatic N) is 1. The largest absolute Gasteiger partial charge is 0.469 e. The van der Waals surface area contributed by atoms with Crippen molar-refractivity contribution < 1.29 is 19.1 Å². The van der Waals surface area contributed by atoms with Crippen LogP contribution in [0.5, 0.6) is 0 Å². The number of hydrogen-bond acceptors (Lipinski definition) is 4. The zero-order valence-corrected chi connectivity index (χ0v) is 15.5. The fraction of sp³-hybridized carbons (Fsp3) is 0.364. The lowest BCUT2D eigenvalue weighted by atomic mass is 9.91. The zero-order valence-electron chi connectivity index (χ0n) is 15.5. The van der Waals surface area contributed by atoms with E-state index in [4.69, 9.17) is 9.47 Å². The molecular weight excluding hydrogens is 342 g/mol. The molecule has 0 saturated carbocycles. The summed E-state index contributed by atoms with van der Waals surface area (Å²) in [5.74, 6) is -0.658. The van der Waals surface area contributed by atoms with Crippen molar-refractivity contribution in [3.05, 3.63) is 71.8 Å². The smallest absolute Gasteiger partial charge is 0.410 e. The third-order valence-electron chi connectivity index (χ3n) is 5.01. The Morgan fingerprint density at radius 3 is 2.41 bits per heavy atom. The highest BCUT2D eigenvalue weighted by Crippen LogP contribution is 2.30. The molecule has 2 aromatic carbocycles. The molecule has 0 aromatic heterocycles. The first kappa shape index (κ1) is 19.0. The van der Waals surface area contributed by atoms with E-state index < -0.39 is 0 Å². The van der Waals surface area contributed by atoms with Crippen molar-refractivity contribution in [1.29, 1.82) is 0 Å². The van der Waals surface area contributed by atoms with Crippen molar-refractivity contribution in [1.82, 2.24) is 4.90 Å². The van der Waals surface area contributed by atoms with Gasteiger partial charge in [0.25, 0.3) is 0 Å². The van der Waals surface area contributed by atoms with Crippen molar-refractivity contribution in [2.75, 3.05) is 13.7 Å². The number of rotatable bonds is 6. The van der Waals surface area contributed by atoms with E-state index in [9.17, 15) is 9.59 Å². The van der Waals surface area contributed by atoms with E-state index in [0.29, 0.717) is 13.0 Å². The minimum absolute atomic E-state index is 0.0300. The van der Waals surface area contributed by atoms with Gasteiger partial charge in [0.1, 0.15) is 6.61 Å². The third-order valence-corrected chi connectivity index (χ3v) is 5.01. The molecule has 5 heteroatoms. The van der Waals surface area contributed by atoms with Gasteiger partial charge in [-0.1, -0.05) is 60.7 Å². The van der Waals surface area contributed by atoms with Crippen molar-refractivity contribution in [2.24, 2.45) is 0 Å². The van der Waals surface area contributed by atoms with Crippen molar-refractivity contribution in [3.8, 4) is 0 Å². The lowest BCUT2D eigenvalue weighted by Crippen LogP contribution is -2.37. The molecule has 0 bridgehead atoms. The predicted molar refractivity (Wildman–Crippen MR) is 102 cm³/mol. The highest BCUT2D eigenvalue weighted by atomic mass is 16.6. The first-order valence-corrected chi connectivity index (χ1v) is 9.29. The van der Waals surface area contributed by atoms with Gasteiger partial charge in [-0.25, -0.2) is 4.79 Å². The predicted octanol–water partition coefficient (Wildman–Crippen LogP) is 4.13. The monoisotopic (exact) mass is 367 g/mol. The number of carbonyl (C=O) groups is 2. The van der Waals surface area contributed by atoms with Crippen LogP contribution in [0.2, 0.25) is 0 Å². The number of benzene rings is 2. The Labute approximate surface area is 159 Å². The van der Waals surface area contributed by atoms with Crippen LogP contribution in [0.3, 0.4) is 0 Å². The Morgan fingerprint density at radius 1 is 1.07 bits per heavy atom. The minimum atomic E-state index is -0.385. The summed E-state index contributed by atoms with van der Waals surface area (Å²) in [6, 6.07) is 19.2. The highest BCUT2D eigenvalue weighted by Gasteiger charge is 2.34. The summed E-state index contributed by atoms with van der Waals surface area (Å²) in [7, 11) is 1.40. The van der Waals surface area contributed by atoms with Crippen LogP contribution < -0.4 is 0 Å². The van der Waals surface area contributed by atoms with Gasteiger partial charge in [-0.15, -0.1) is 0 Å². The molecule has 0 spiro atoms. The molecule has 1 saturated heterocycles. The van der Waals surface area contributed by atoms with Gasteiger partial charge in [0.05, 0.1) is 13.0 Å². The average molecular weight is 367 g/mol. The van der Waals surface area contributed by atoms with Crippen LogP contribution in [-0.2, 0) is 20.9 Å². The average Bonchev–Trinajstić information content (AvgIpc) is 3.19. The van der Waals surface area contributed by atoms with Gasteiger partial charge in [-0.2, -0.15) is 0 Å². The summed E-state index contributed by atoms with van der Waals surface area (Å²) in [4.78, 5) is 26.7. The Balaban J connectivity index is 1.65. The maximum atomic E-state index is 12.6. The summed E-state index contributed by atoms with van der Waals surface area (Å²) in [5.41, 5.74) is 1.87. The Bertz CT molecular complexity index is 747. The molecule has 0 radical (unpaired) electrons. The number of hydrogen-bond donors (Lipinski definition) is 0. The van der Waals surface area contributed by atoms with Crippen molar-refractivity contribution in [3.63, 3.8) is 0 Å². The zero-order chi connectivity index (χ0) is 19.1. The second kappa shape index (κ2) is 9.21. The SMILES string of the molecule is COC(=O)C(CC1CCCN1C(=O)OCc1ccccc1)c1ccccc1. The lowest BCUT2D eigenvalue weighted by molar-refractivity contribution is -0.142. The molecule has 142 valence electrons. The molecule has 1 fully saturated rings. The topological polar surface area (TPSA) is 55.8 Å². The Morgan fingerprint density at radius 2 is 1.74 bits per heavy atom. The Kier molecular flexibility index (Phi) is 6.47. The van der Waals surface area contributed by atoms with E-state index in [0.717, 1.165) is 24.0 Å². The number of carbonyl (C=O) groups excluding carboxylic acids is 2. The number of likely N-dealkylation sites (tertiary alicyclic amines) is 1. The molecule has 1 amide bonds.